The van der Waals surface area contributed by atoms with Gasteiger partial charge in [0.1, 0.15) is 0 Å². The van der Waals surface area contributed by atoms with Crippen molar-refractivity contribution in [2.75, 3.05) is 38.1 Å². The number of β-amino-alcohol motifs (C(OH)–C–C–N with tert-alkyl or cyclic N) is 1. The third-order valence-corrected chi connectivity index (χ3v) is 5.69. The lowest BCUT2D eigenvalue weighted by Crippen LogP contribution is -2.36. The number of carbonyl (C=O) groups is 1. The highest BCUT2D eigenvalue weighted by Gasteiger charge is 2.26. The van der Waals surface area contributed by atoms with Gasteiger partial charge in [-0.2, -0.15) is 0 Å². The maximum atomic E-state index is 12.2. The summed E-state index contributed by atoms with van der Waals surface area (Å²) in [7, 11) is 2.06. The average Bonchev–Trinajstić information content (AvgIpc) is 3.14. The normalized spacial score (nSPS) is 17.9. The zero-order valence-corrected chi connectivity index (χ0v) is 17.9. The molecule has 1 amide bonds. The number of hydrogen-bond acceptors (Lipinski definition) is 4. The van der Waals surface area contributed by atoms with Crippen molar-refractivity contribution in [2.45, 2.75) is 31.9 Å². The number of carbonyl (C=O) groups excluding carboxylic acids is 1. The molecule has 0 spiro atoms. The minimum Gasteiger partial charge on any atom is -0.392 e. The first-order valence-electron chi connectivity index (χ1n) is 10.2. The number of rotatable bonds is 8. The van der Waals surface area contributed by atoms with Crippen LogP contribution >= 0.6 is 11.6 Å². The van der Waals surface area contributed by atoms with E-state index in [0.717, 1.165) is 37.2 Å². The number of nitrogens with one attached hydrogen (secondary N) is 1. The summed E-state index contributed by atoms with van der Waals surface area (Å²) >= 11 is 6.26. The molecule has 0 bridgehead atoms. The van der Waals surface area contributed by atoms with Crippen LogP contribution in [0.25, 0.3) is 0 Å². The van der Waals surface area contributed by atoms with Gasteiger partial charge < -0.3 is 15.3 Å². The summed E-state index contributed by atoms with van der Waals surface area (Å²) in [5.41, 5.74) is 2.82. The van der Waals surface area contributed by atoms with E-state index < -0.39 is 0 Å². The fraction of sp³-hybridized carbons (Fsp3) is 0.435. The van der Waals surface area contributed by atoms with Gasteiger partial charge >= 0.3 is 0 Å². The van der Waals surface area contributed by atoms with Crippen molar-refractivity contribution in [1.82, 2.24) is 10.2 Å². The SMILES string of the molecule is CCCNC(=O)c1ccc(N(C)[C@H](CN2CC[C@H](O)C2)c2cccc(Cl)c2)cc1. The number of aliphatic hydroxyl groups excluding tert-OH is 1. The number of aliphatic hydroxyl groups is 1. The fourth-order valence-corrected chi connectivity index (χ4v) is 3.96. The predicted molar refractivity (Wildman–Crippen MR) is 119 cm³/mol. The third-order valence-electron chi connectivity index (χ3n) is 5.45. The molecular weight excluding hydrogens is 386 g/mol. The number of likely N-dealkylation sites (N-methyl/N-ethyl adjacent to an activating group) is 1. The van der Waals surface area contributed by atoms with E-state index in [9.17, 15) is 9.90 Å². The van der Waals surface area contributed by atoms with Gasteiger partial charge in [0.25, 0.3) is 5.91 Å². The Labute approximate surface area is 178 Å². The highest BCUT2D eigenvalue weighted by molar-refractivity contribution is 6.30. The molecule has 1 heterocycles. The summed E-state index contributed by atoms with van der Waals surface area (Å²) in [6.45, 7) is 5.10. The van der Waals surface area contributed by atoms with Crippen LogP contribution in [0.2, 0.25) is 5.02 Å². The van der Waals surface area contributed by atoms with E-state index in [1.807, 2.05) is 49.4 Å². The first-order valence-corrected chi connectivity index (χ1v) is 10.6. The van der Waals surface area contributed by atoms with Gasteiger partial charge in [0.2, 0.25) is 0 Å². The van der Waals surface area contributed by atoms with Crippen molar-refractivity contribution in [3.63, 3.8) is 0 Å². The molecule has 29 heavy (non-hydrogen) atoms. The summed E-state index contributed by atoms with van der Waals surface area (Å²) in [4.78, 5) is 16.7. The fourth-order valence-electron chi connectivity index (χ4n) is 3.76. The summed E-state index contributed by atoms with van der Waals surface area (Å²) in [5.74, 6) is -0.0431. The Hall–Kier alpha value is -2.08. The van der Waals surface area contributed by atoms with Gasteiger partial charge in [0.15, 0.2) is 0 Å². The molecular formula is C23H30ClN3O2. The number of hydrogen-bond donors (Lipinski definition) is 2. The number of anilines is 1. The molecule has 2 N–H and O–H groups in total. The number of amides is 1. The van der Waals surface area contributed by atoms with Crippen molar-refractivity contribution in [2.24, 2.45) is 0 Å². The number of likely N-dealkylation sites (tertiary alicyclic amines) is 1. The van der Waals surface area contributed by atoms with Crippen molar-refractivity contribution < 1.29 is 9.90 Å². The molecule has 1 aliphatic rings. The van der Waals surface area contributed by atoms with Crippen molar-refractivity contribution in [3.05, 3.63) is 64.7 Å². The standard InChI is InChI=1S/C23H30ClN3O2/c1-3-12-25-23(29)17-7-9-20(10-8-17)26(2)22(16-27-13-11-21(28)15-27)18-5-4-6-19(24)14-18/h4-10,14,21-22,28H,3,11-13,15-16H2,1-2H3,(H,25,29)/t21-,22+/m0/s1. The lowest BCUT2D eigenvalue weighted by atomic mass is 10.0. The Balaban J connectivity index is 1.80. The Bertz CT molecular complexity index is 812. The van der Waals surface area contributed by atoms with Crippen molar-refractivity contribution >= 4 is 23.2 Å². The molecule has 0 saturated carbocycles. The molecule has 3 rings (SSSR count). The van der Waals surface area contributed by atoms with Gasteiger partial charge in [-0.1, -0.05) is 30.7 Å². The largest absolute Gasteiger partial charge is 0.392 e. The van der Waals surface area contributed by atoms with Crippen LogP contribution in [0.4, 0.5) is 5.69 Å². The highest BCUT2D eigenvalue weighted by atomic mass is 35.5. The smallest absolute Gasteiger partial charge is 0.251 e. The van der Waals surface area contributed by atoms with Crippen molar-refractivity contribution in [3.8, 4) is 0 Å². The lowest BCUT2D eigenvalue weighted by molar-refractivity contribution is 0.0953. The van der Waals surface area contributed by atoms with Crippen LogP contribution < -0.4 is 10.2 Å². The van der Waals surface area contributed by atoms with Gasteiger partial charge in [0, 0.05) is 49.5 Å². The molecule has 1 fully saturated rings. The molecule has 2 aromatic carbocycles. The Morgan fingerprint density at radius 2 is 2.07 bits per heavy atom. The Morgan fingerprint density at radius 3 is 2.69 bits per heavy atom. The summed E-state index contributed by atoms with van der Waals surface area (Å²) in [6, 6.07) is 15.7. The molecule has 0 aromatic heterocycles. The second kappa shape index (κ2) is 10.1. The zero-order valence-electron chi connectivity index (χ0n) is 17.1. The van der Waals surface area contributed by atoms with Crippen LogP contribution in [-0.2, 0) is 0 Å². The molecule has 5 nitrogen and oxygen atoms in total. The number of halogens is 1. The minimum atomic E-state index is -0.249. The quantitative estimate of drug-likeness (QED) is 0.689. The molecule has 2 atom stereocenters. The van der Waals surface area contributed by atoms with E-state index in [1.54, 1.807) is 0 Å². The van der Waals surface area contributed by atoms with Crippen LogP contribution in [-0.4, -0.2) is 55.2 Å². The van der Waals surface area contributed by atoms with Crippen LogP contribution in [0.15, 0.2) is 48.5 Å². The Kier molecular flexibility index (Phi) is 7.53. The van der Waals surface area contributed by atoms with Crippen LogP contribution in [0, 0.1) is 0 Å². The van der Waals surface area contributed by atoms with Crippen LogP contribution in [0.3, 0.4) is 0 Å². The predicted octanol–water partition coefficient (Wildman–Crippen LogP) is 3.72. The molecule has 0 radical (unpaired) electrons. The van der Waals surface area contributed by atoms with Crippen LogP contribution in [0.5, 0.6) is 0 Å². The topological polar surface area (TPSA) is 55.8 Å². The zero-order chi connectivity index (χ0) is 20.8. The molecule has 0 aliphatic carbocycles. The number of benzene rings is 2. The summed E-state index contributed by atoms with van der Waals surface area (Å²) in [6.07, 6.45) is 1.48. The van der Waals surface area contributed by atoms with Crippen LogP contribution in [0.1, 0.15) is 41.7 Å². The second-order valence-electron chi connectivity index (χ2n) is 7.69. The first kappa shape index (κ1) is 21.6. The highest BCUT2D eigenvalue weighted by Crippen LogP contribution is 2.29. The monoisotopic (exact) mass is 415 g/mol. The first-order chi connectivity index (χ1) is 14.0. The van der Waals surface area contributed by atoms with E-state index in [0.29, 0.717) is 23.7 Å². The molecule has 1 saturated heterocycles. The Morgan fingerprint density at radius 1 is 1.31 bits per heavy atom. The van der Waals surface area contributed by atoms with Gasteiger partial charge in [-0.3, -0.25) is 9.69 Å². The van der Waals surface area contributed by atoms with Gasteiger partial charge in [-0.25, -0.2) is 0 Å². The van der Waals surface area contributed by atoms with E-state index in [2.05, 4.69) is 28.2 Å². The van der Waals surface area contributed by atoms with Gasteiger partial charge in [-0.15, -0.1) is 0 Å². The lowest BCUT2D eigenvalue weighted by Gasteiger charge is -2.34. The van der Waals surface area contributed by atoms with E-state index >= 15 is 0 Å². The maximum Gasteiger partial charge on any atom is 0.251 e. The van der Waals surface area contributed by atoms with Gasteiger partial charge in [-0.05, 0) is 54.8 Å². The third kappa shape index (κ3) is 5.72. The van der Waals surface area contributed by atoms with E-state index in [-0.39, 0.29) is 18.1 Å². The molecule has 2 aromatic rings. The van der Waals surface area contributed by atoms with Gasteiger partial charge in [0.05, 0.1) is 12.1 Å². The molecule has 1 aliphatic heterocycles. The summed E-state index contributed by atoms with van der Waals surface area (Å²) < 4.78 is 0. The molecule has 6 heteroatoms. The average molecular weight is 416 g/mol. The maximum absolute atomic E-state index is 12.2. The summed E-state index contributed by atoms with van der Waals surface area (Å²) in [5, 5.41) is 13.5. The van der Waals surface area contributed by atoms with E-state index in [4.69, 9.17) is 11.6 Å². The number of nitrogens with zero attached hydrogens (tertiary/aromatic N) is 2. The molecule has 0 unspecified atom stereocenters. The molecule has 156 valence electrons. The van der Waals surface area contributed by atoms with E-state index in [1.165, 1.54) is 0 Å². The second-order valence-corrected chi connectivity index (χ2v) is 8.12. The van der Waals surface area contributed by atoms with Crippen molar-refractivity contribution in [1.29, 1.82) is 0 Å². The minimum absolute atomic E-state index is 0.0431.